The second-order valence-electron chi connectivity index (χ2n) is 2.54. The van der Waals surface area contributed by atoms with Gasteiger partial charge in [-0.3, -0.25) is 0 Å². The fourth-order valence-electron chi connectivity index (χ4n) is 0.943. The molecule has 0 aliphatic heterocycles. The first-order valence-electron chi connectivity index (χ1n) is 3.84. The second-order valence-corrected chi connectivity index (χ2v) is 3.68. The molecule has 1 aromatic rings. The summed E-state index contributed by atoms with van der Waals surface area (Å²) in [7, 11) is 0. The molecule has 12 heavy (non-hydrogen) atoms. The van der Waals surface area contributed by atoms with Crippen molar-refractivity contribution in [3.05, 3.63) is 23.8 Å². The Labute approximate surface area is 76.8 Å². The summed E-state index contributed by atoms with van der Waals surface area (Å²) in [6.07, 6.45) is 0. The maximum Gasteiger partial charge on any atom is 0.0525 e. The van der Waals surface area contributed by atoms with Crippen molar-refractivity contribution in [2.24, 2.45) is 0 Å². The summed E-state index contributed by atoms with van der Waals surface area (Å²) >= 11 is 1.63. The summed E-state index contributed by atoms with van der Waals surface area (Å²) in [6, 6.07) is 5.84. The largest absolute Gasteiger partial charge is 0.398 e. The van der Waals surface area contributed by atoms with Crippen LogP contribution in [0.25, 0.3) is 0 Å². The van der Waals surface area contributed by atoms with Crippen LogP contribution in [0.1, 0.15) is 5.56 Å². The van der Waals surface area contributed by atoms with Crippen LogP contribution in [0.2, 0.25) is 0 Å². The summed E-state index contributed by atoms with van der Waals surface area (Å²) in [5.41, 5.74) is 7.64. The van der Waals surface area contributed by atoms with Crippen LogP contribution >= 0.6 is 11.8 Å². The van der Waals surface area contributed by atoms with Crippen LogP contribution in [0.4, 0.5) is 5.69 Å². The van der Waals surface area contributed by atoms with Crippen molar-refractivity contribution in [1.29, 1.82) is 0 Å². The minimum atomic E-state index is 0.207. The molecule has 0 spiro atoms. The van der Waals surface area contributed by atoms with Crippen molar-refractivity contribution in [3.8, 4) is 0 Å². The molecule has 0 atom stereocenters. The van der Waals surface area contributed by atoms with Crippen LogP contribution in [0.3, 0.4) is 0 Å². The van der Waals surface area contributed by atoms with E-state index in [0.717, 1.165) is 21.9 Å². The van der Waals surface area contributed by atoms with E-state index in [-0.39, 0.29) is 6.61 Å². The first-order chi connectivity index (χ1) is 5.75. The molecule has 0 heterocycles. The van der Waals surface area contributed by atoms with E-state index in [4.69, 9.17) is 10.8 Å². The summed E-state index contributed by atoms with van der Waals surface area (Å²) in [5, 5.41) is 8.64. The second kappa shape index (κ2) is 4.38. The lowest BCUT2D eigenvalue weighted by Gasteiger charge is -2.06. The van der Waals surface area contributed by atoms with Crippen molar-refractivity contribution >= 4 is 17.4 Å². The monoisotopic (exact) mass is 183 g/mol. The number of aliphatic hydroxyl groups is 1. The Morgan fingerprint density at radius 1 is 1.50 bits per heavy atom. The van der Waals surface area contributed by atoms with Gasteiger partial charge in [-0.15, -0.1) is 11.8 Å². The molecule has 0 fully saturated rings. The molecule has 0 saturated carbocycles. The van der Waals surface area contributed by atoms with Gasteiger partial charge in [0.25, 0.3) is 0 Å². The topological polar surface area (TPSA) is 46.2 Å². The molecule has 0 amide bonds. The molecule has 3 N–H and O–H groups in total. The number of rotatable bonds is 3. The van der Waals surface area contributed by atoms with E-state index >= 15 is 0 Å². The van der Waals surface area contributed by atoms with Crippen molar-refractivity contribution < 1.29 is 5.11 Å². The van der Waals surface area contributed by atoms with Crippen LogP contribution in [0.15, 0.2) is 23.1 Å². The highest BCUT2D eigenvalue weighted by atomic mass is 32.2. The van der Waals surface area contributed by atoms with E-state index in [2.05, 4.69) is 0 Å². The minimum Gasteiger partial charge on any atom is -0.398 e. The average molecular weight is 183 g/mol. The van der Waals surface area contributed by atoms with Crippen LogP contribution in [0.5, 0.6) is 0 Å². The van der Waals surface area contributed by atoms with E-state index in [0.29, 0.717) is 0 Å². The standard InChI is InChI=1S/C9H13NOS/c1-7-8(10)3-2-4-9(7)12-6-5-11/h2-4,11H,5-6,10H2,1H3. The van der Waals surface area contributed by atoms with E-state index in [1.807, 2.05) is 25.1 Å². The van der Waals surface area contributed by atoms with Gasteiger partial charge in [-0.1, -0.05) is 6.07 Å². The van der Waals surface area contributed by atoms with Gasteiger partial charge in [0.2, 0.25) is 0 Å². The van der Waals surface area contributed by atoms with Crippen LogP contribution in [-0.4, -0.2) is 17.5 Å². The third kappa shape index (κ3) is 2.16. The molecule has 0 bridgehead atoms. The molecule has 0 aliphatic rings. The fourth-order valence-corrected chi connectivity index (χ4v) is 1.76. The minimum absolute atomic E-state index is 0.207. The third-order valence-corrected chi connectivity index (χ3v) is 2.81. The predicted molar refractivity (Wildman–Crippen MR) is 53.4 cm³/mol. The lowest BCUT2D eigenvalue weighted by atomic mass is 10.2. The quantitative estimate of drug-likeness (QED) is 0.553. The maximum absolute atomic E-state index is 8.64. The predicted octanol–water partition coefficient (Wildman–Crippen LogP) is 1.66. The van der Waals surface area contributed by atoms with Gasteiger partial charge in [-0.2, -0.15) is 0 Å². The average Bonchev–Trinajstić information content (AvgIpc) is 2.08. The molecule has 0 aromatic heterocycles. The highest BCUT2D eigenvalue weighted by molar-refractivity contribution is 7.99. The van der Waals surface area contributed by atoms with E-state index in [1.54, 1.807) is 11.8 Å². The fraction of sp³-hybridized carbons (Fsp3) is 0.333. The van der Waals surface area contributed by atoms with Gasteiger partial charge in [0, 0.05) is 16.3 Å². The zero-order chi connectivity index (χ0) is 8.97. The Hall–Kier alpha value is -0.670. The van der Waals surface area contributed by atoms with Gasteiger partial charge in [-0.05, 0) is 24.6 Å². The molecule has 0 unspecified atom stereocenters. The van der Waals surface area contributed by atoms with Gasteiger partial charge >= 0.3 is 0 Å². The van der Waals surface area contributed by atoms with Gasteiger partial charge in [-0.25, -0.2) is 0 Å². The number of hydrogen-bond acceptors (Lipinski definition) is 3. The molecule has 1 rings (SSSR count). The molecule has 66 valence electrons. The first-order valence-corrected chi connectivity index (χ1v) is 4.83. The molecule has 2 nitrogen and oxygen atoms in total. The Morgan fingerprint density at radius 3 is 2.92 bits per heavy atom. The maximum atomic E-state index is 8.64. The Balaban J connectivity index is 2.78. The van der Waals surface area contributed by atoms with Crippen molar-refractivity contribution in [2.45, 2.75) is 11.8 Å². The van der Waals surface area contributed by atoms with Crippen LogP contribution in [-0.2, 0) is 0 Å². The number of hydrogen-bond donors (Lipinski definition) is 2. The smallest absolute Gasteiger partial charge is 0.0525 e. The van der Waals surface area contributed by atoms with E-state index < -0.39 is 0 Å². The highest BCUT2D eigenvalue weighted by Gasteiger charge is 2.00. The Bertz CT molecular complexity index is 263. The van der Waals surface area contributed by atoms with Gasteiger partial charge in [0.1, 0.15) is 0 Å². The first kappa shape index (κ1) is 9.42. The summed E-state index contributed by atoms with van der Waals surface area (Å²) in [4.78, 5) is 1.16. The van der Waals surface area contributed by atoms with E-state index in [1.165, 1.54) is 0 Å². The number of benzene rings is 1. The van der Waals surface area contributed by atoms with Gasteiger partial charge in [0.05, 0.1) is 6.61 Å². The number of aliphatic hydroxyl groups excluding tert-OH is 1. The summed E-state index contributed by atoms with van der Waals surface area (Å²) < 4.78 is 0. The molecule has 1 aromatic carbocycles. The molecule has 0 saturated heterocycles. The van der Waals surface area contributed by atoms with Crippen LogP contribution in [0, 0.1) is 6.92 Å². The zero-order valence-electron chi connectivity index (χ0n) is 7.08. The highest BCUT2D eigenvalue weighted by Crippen LogP contribution is 2.25. The molecule has 3 heteroatoms. The summed E-state index contributed by atoms with van der Waals surface area (Å²) in [6.45, 7) is 2.20. The molecule has 0 aliphatic carbocycles. The molecular weight excluding hydrogens is 170 g/mol. The van der Waals surface area contributed by atoms with Crippen molar-refractivity contribution in [1.82, 2.24) is 0 Å². The van der Waals surface area contributed by atoms with Gasteiger partial charge in [0.15, 0.2) is 0 Å². The SMILES string of the molecule is Cc1c(N)cccc1SCCO. The molecule has 0 radical (unpaired) electrons. The number of anilines is 1. The zero-order valence-corrected chi connectivity index (χ0v) is 7.90. The third-order valence-electron chi connectivity index (χ3n) is 1.67. The normalized spacial score (nSPS) is 10.2. The van der Waals surface area contributed by atoms with Crippen LogP contribution < -0.4 is 5.73 Å². The number of nitrogens with two attached hydrogens (primary N) is 1. The molecular formula is C9H13NOS. The Kier molecular flexibility index (Phi) is 3.44. The number of thioether (sulfide) groups is 1. The lowest BCUT2D eigenvalue weighted by molar-refractivity contribution is 0.322. The summed E-state index contributed by atoms with van der Waals surface area (Å²) in [5.74, 6) is 0.726. The van der Waals surface area contributed by atoms with E-state index in [9.17, 15) is 0 Å². The number of nitrogen functional groups attached to an aromatic ring is 1. The van der Waals surface area contributed by atoms with Gasteiger partial charge < -0.3 is 10.8 Å². The van der Waals surface area contributed by atoms with Crippen molar-refractivity contribution in [3.63, 3.8) is 0 Å². The Morgan fingerprint density at radius 2 is 2.25 bits per heavy atom. The lowest BCUT2D eigenvalue weighted by Crippen LogP contribution is -1.92. The van der Waals surface area contributed by atoms with Crippen molar-refractivity contribution in [2.75, 3.05) is 18.1 Å².